The van der Waals surface area contributed by atoms with Crippen LogP contribution >= 0.6 is 11.3 Å². The normalized spacial score (nSPS) is 12.3. The van der Waals surface area contributed by atoms with Crippen LogP contribution in [0.1, 0.15) is 29.3 Å². The van der Waals surface area contributed by atoms with E-state index in [-0.39, 0.29) is 23.3 Å². The minimum absolute atomic E-state index is 0.141. The fourth-order valence-corrected chi connectivity index (χ4v) is 6.67. The van der Waals surface area contributed by atoms with Crippen LogP contribution < -0.4 is 5.32 Å². The number of aryl methyl sites for hydroxylation is 1. The number of hydrogen-bond acceptors (Lipinski definition) is 10. The lowest BCUT2D eigenvalue weighted by atomic mass is 10.1. The number of ketones is 1. The van der Waals surface area contributed by atoms with E-state index in [0.29, 0.717) is 33.8 Å². The van der Waals surface area contributed by atoms with Crippen molar-refractivity contribution < 1.29 is 48.0 Å². The van der Waals surface area contributed by atoms with Gasteiger partial charge < -0.3 is 5.32 Å². The molecule has 0 bridgehead atoms. The molecule has 0 aliphatic heterocycles. The van der Waals surface area contributed by atoms with Crippen molar-refractivity contribution in [2.45, 2.75) is 42.4 Å². The van der Waals surface area contributed by atoms with Crippen LogP contribution in [0.4, 0.5) is 37.3 Å². The highest BCUT2D eigenvalue weighted by Crippen LogP contribution is 2.40. The molecule has 242 valence electrons. The zero-order chi connectivity index (χ0) is 34.0. The number of aromatic nitrogens is 3. The smallest absolute Gasteiger partial charge is 0.315 e. The summed E-state index contributed by atoms with van der Waals surface area (Å²) in [4.78, 5) is 22.1. The van der Waals surface area contributed by atoms with Crippen molar-refractivity contribution in [2.75, 3.05) is 17.8 Å². The summed E-state index contributed by atoms with van der Waals surface area (Å²) in [6.45, 7) is 2.91. The van der Waals surface area contributed by atoms with E-state index >= 15 is 0 Å². The summed E-state index contributed by atoms with van der Waals surface area (Å²) in [7, 11) is -7.99. The molecule has 18 heteroatoms. The van der Waals surface area contributed by atoms with E-state index < -0.39 is 52.9 Å². The second kappa shape index (κ2) is 13.2. The molecule has 1 N–H and O–H groups in total. The van der Waals surface area contributed by atoms with Crippen LogP contribution in [-0.4, -0.2) is 50.1 Å². The molecule has 0 aliphatic rings. The lowest BCUT2D eigenvalue weighted by Gasteiger charge is -2.13. The molecule has 0 radical (unpaired) electrons. The topological polar surface area (TPSA) is 136 Å². The average Bonchev–Trinajstić information content (AvgIpc) is 3.26. The van der Waals surface area contributed by atoms with Gasteiger partial charge in [-0.15, -0.1) is 0 Å². The van der Waals surface area contributed by atoms with E-state index in [1.54, 1.807) is 6.92 Å². The summed E-state index contributed by atoms with van der Waals surface area (Å²) < 4.78 is 124. The summed E-state index contributed by atoms with van der Waals surface area (Å²) in [6, 6.07) is 5.96. The molecule has 0 unspecified atom stereocenters. The first kappa shape index (κ1) is 35.6. The zero-order valence-electron chi connectivity index (χ0n) is 23.8. The van der Waals surface area contributed by atoms with Gasteiger partial charge in [0.05, 0.1) is 37.7 Å². The van der Waals surface area contributed by atoms with Crippen LogP contribution in [-0.2, 0) is 43.2 Å². The molecular formula is C27H24F6N4O5S3. The second-order valence-electron chi connectivity index (χ2n) is 9.61. The molecule has 45 heavy (non-hydrogen) atoms. The Bertz CT molecular complexity index is 1930. The van der Waals surface area contributed by atoms with Gasteiger partial charge in [-0.3, -0.25) is 9.78 Å². The third-order valence-corrected chi connectivity index (χ3v) is 9.18. The van der Waals surface area contributed by atoms with Crippen molar-refractivity contribution in [1.82, 2.24) is 15.0 Å². The number of nitrogens with one attached hydrogen (secondary N) is 1. The van der Waals surface area contributed by atoms with Crippen LogP contribution in [0.5, 0.6) is 0 Å². The van der Waals surface area contributed by atoms with Gasteiger partial charge in [-0.2, -0.15) is 26.3 Å². The van der Waals surface area contributed by atoms with Crippen molar-refractivity contribution in [3.63, 3.8) is 0 Å². The molecule has 0 spiro atoms. The Morgan fingerprint density at radius 2 is 1.42 bits per heavy atom. The number of sulfone groups is 2. The number of Topliss-reactive ketones (excluding diaryl/α,β-unsaturated/α-hetero) is 1. The van der Waals surface area contributed by atoms with E-state index in [0.717, 1.165) is 35.8 Å². The number of rotatable bonds is 7. The molecule has 4 aromatic rings. The highest BCUT2D eigenvalue weighted by atomic mass is 32.2. The van der Waals surface area contributed by atoms with E-state index in [1.807, 2.05) is 0 Å². The molecule has 0 aliphatic carbocycles. The summed E-state index contributed by atoms with van der Waals surface area (Å²) >= 11 is 1.13. The van der Waals surface area contributed by atoms with Crippen LogP contribution in [0.3, 0.4) is 0 Å². The molecule has 2 heterocycles. The van der Waals surface area contributed by atoms with Gasteiger partial charge in [-0.05, 0) is 49.2 Å². The standard InChI is InChI=1S/C16H13F3N4O2S2.C11H11F3O3S/c1-9-14(26-15(22-9)23-13-8-20-5-6-21-13)10-3-4-12(27(2,24)25)11(7-10)16(17,18)19;1-7(15)5-8-3-4-10(18(2,16)17)9(6-8)11(12,13)14/h3-8H,1-2H3,(H,21,22,23);3-4,6H,5H2,1-2H3. The maximum Gasteiger partial charge on any atom is 0.417 e. The number of nitrogens with zero attached hydrogens (tertiary/aromatic N) is 3. The summed E-state index contributed by atoms with van der Waals surface area (Å²) in [5, 5.41) is 3.37. The average molecular weight is 695 g/mol. The van der Waals surface area contributed by atoms with Gasteiger partial charge in [0.1, 0.15) is 5.78 Å². The van der Waals surface area contributed by atoms with Crippen LogP contribution in [0.2, 0.25) is 0 Å². The first-order valence-corrected chi connectivity index (χ1v) is 17.0. The zero-order valence-corrected chi connectivity index (χ0v) is 26.2. The first-order chi connectivity index (χ1) is 20.6. The Balaban J connectivity index is 0.000000268. The van der Waals surface area contributed by atoms with Gasteiger partial charge in [-0.25, -0.2) is 26.8 Å². The number of carbonyl (C=O) groups is 1. The van der Waals surface area contributed by atoms with Crippen molar-refractivity contribution in [1.29, 1.82) is 0 Å². The van der Waals surface area contributed by atoms with Crippen molar-refractivity contribution >= 4 is 47.7 Å². The quantitative estimate of drug-likeness (QED) is 0.221. The van der Waals surface area contributed by atoms with Crippen molar-refractivity contribution in [3.05, 3.63) is 77.4 Å². The molecule has 0 saturated heterocycles. The molecular weight excluding hydrogens is 671 g/mol. The molecule has 2 aromatic carbocycles. The molecule has 2 aromatic heterocycles. The predicted octanol–water partition coefficient (Wildman–Crippen LogP) is 6.31. The van der Waals surface area contributed by atoms with Gasteiger partial charge in [0.25, 0.3) is 0 Å². The van der Waals surface area contributed by atoms with Crippen LogP contribution in [0, 0.1) is 6.92 Å². The Kier molecular flexibility index (Phi) is 10.5. The molecule has 9 nitrogen and oxygen atoms in total. The van der Waals surface area contributed by atoms with Crippen molar-refractivity contribution in [3.8, 4) is 10.4 Å². The van der Waals surface area contributed by atoms with Crippen LogP contribution in [0.15, 0.2) is 64.8 Å². The number of anilines is 2. The minimum Gasteiger partial charge on any atom is -0.315 e. The highest BCUT2D eigenvalue weighted by molar-refractivity contribution is 7.91. The third-order valence-electron chi connectivity index (χ3n) is 5.74. The minimum atomic E-state index is -4.80. The maximum atomic E-state index is 13.4. The van der Waals surface area contributed by atoms with Crippen LogP contribution in [0.25, 0.3) is 10.4 Å². The Morgan fingerprint density at radius 1 is 0.867 bits per heavy atom. The fourth-order valence-electron chi connectivity index (χ4n) is 3.93. The summed E-state index contributed by atoms with van der Waals surface area (Å²) in [6.07, 6.45) is -3.79. The molecule has 0 fully saturated rings. The Morgan fingerprint density at radius 3 is 1.91 bits per heavy atom. The monoisotopic (exact) mass is 694 g/mol. The summed E-state index contributed by atoms with van der Waals surface area (Å²) in [5.41, 5.74) is -1.55. The predicted molar refractivity (Wildman–Crippen MR) is 155 cm³/mol. The number of halogens is 6. The van der Waals surface area contributed by atoms with E-state index in [1.165, 1.54) is 37.6 Å². The van der Waals surface area contributed by atoms with Gasteiger partial charge in [0, 0.05) is 31.3 Å². The van der Waals surface area contributed by atoms with Gasteiger partial charge in [0.15, 0.2) is 30.6 Å². The fraction of sp³-hybridized carbons (Fsp3) is 0.259. The Labute approximate surface area is 258 Å². The molecule has 0 atom stereocenters. The van der Waals surface area contributed by atoms with Crippen molar-refractivity contribution in [2.24, 2.45) is 0 Å². The highest BCUT2D eigenvalue weighted by Gasteiger charge is 2.37. The maximum absolute atomic E-state index is 13.4. The first-order valence-electron chi connectivity index (χ1n) is 12.4. The lowest BCUT2D eigenvalue weighted by Crippen LogP contribution is -2.13. The van der Waals surface area contributed by atoms with E-state index in [2.05, 4.69) is 20.3 Å². The molecule has 0 amide bonds. The number of benzene rings is 2. The molecule has 0 saturated carbocycles. The van der Waals surface area contributed by atoms with Gasteiger partial charge in [-0.1, -0.05) is 23.5 Å². The molecule has 4 rings (SSSR count). The third kappa shape index (κ3) is 9.54. The summed E-state index contributed by atoms with van der Waals surface area (Å²) in [5.74, 6) is 0.149. The number of hydrogen-bond donors (Lipinski definition) is 1. The number of thiazole rings is 1. The Hall–Kier alpha value is -3.90. The second-order valence-corrected chi connectivity index (χ2v) is 14.6. The number of alkyl halides is 6. The lowest BCUT2D eigenvalue weighted by molar-refractivity contribution is -0.140. The van der Waals surface area contributed by atoms with Gasteiger partial charge >= 0.3 is 12.4 Å². The van der Waals surface area contributed by atoms with E-state index in [9.17, 15) is 48.0 Å². The SMILES string of the molecule is CC(=O)Cc1ccc(S(C)(=O)=O)c(C(F)(F)F)c1.Cc1nc(Nc2cnccn2)sc1-c1ccc(S(C)(=O)=O)c(C(F)(F)F)c1. The number of carbonyl (C=O) groups excluding carboxylic acids is 1. The largest absolute Gasteiger partial charge is 0.417 e. The van der Waals surface area contributed by atoms with Gasteiger partial charge in [0.2, 0.25) is 0 Å². The van der Waals surface area contributed by atoms with E-state index in [4.69, 9.17) is 0 Å².